The molecule has 1 atom stereocenters. The molecule has 2 N–H and O–H groups in total. The number of rotatable bonds is 2. The van der Waals surface area contributed by atoms with E-state index in [0.29, 0.717) is 6.04 Å². The van der Waals surface area contributed by atoms with E-state index in [9.17, 15) is 4.79 Å². The number of nitrogens with two attached hydrogens (primary N) is 1. The summed E-state index contributed by atoms with van der Waals surface area (Å²) in [6.07, 6.45) is 3.31. The molecule has 0 aliphatic carbocycles. The van der Waals surface area contributed by atoms with Gasteiger partial charge in [-0.1, -0.05) is 6.92 Å². The first-order valence-corrected chi connectivity index (χ1v) is 7.60. The van der Waals surface area contributed by atoms with Gasteiger partial charge >= 0.3 is 0 Å². The molecule has 1 aliphatic rings. The van der Waals surface area contributed by atoms with Crippen LogP contribution in [0.15, 0.2) is 24.3 Å². The monoisotopic (exact) mass is 274 g/mol. The average molecular weight is 274 g/mol. The molecule has 1 aromatic heterocycles. The van der Waals surface area contributed by atoms with E-state index >= 15 is 0 Å². The summed E-state index contributed by atoms with van der Waals surface area (Å²) in [7, 11) is 0. The predicted octanol–water partition coefficient (Wildman–Crippen LogP) is 3.50. The molecular weight excluding hydrogens is 256 g/mol. The van der Waals surface area contributed by atoms with Crippen molar-refractivity contribution in [1.82, 2.24) is 4.90 Å². The van der Waals surface area contributed by atoms with Crippen LogP contribution < -0.4 is 5.73 Å². The van der Waals surface area contributed by atoms with E-state index < -0.39 is 0 Å². The molecule has 2 heterocycles. The van der Waals surface area contributed by atoms with Gasteiger partial charge in [0.1, 0.15) is 0 Å². The Bertz CT molecular complexity index is 620. The Morgan fingerprint density at radius 1 is 1.47 bits per heavy atom. The molecule has 0 radical (unpaired) electrons. The van der Waals surface area contributed by atoms with Gasteiger partial charge in [-0.15, -0.1) is 11.3 Å². The van der Waals surface area contributed by atoms with E-state index in [1.54, 1.807) is 11.3 Å². The van der Waals surface area contributed by atoms with Crippen molar-refractivity contribution in [3.63, 3.8) is 0 Å². The predicted molar refractivity (Wildman–Crippen MR) is 80.6 cm³/mol. The summed E-state index contributed by atoms with van der Waals surface area (Å²) in [6, 6.07) is 8.21. The number of amides is 1. The summed E-state index contributed by atoms with van der Waals surface area (Å²) in [5.74, 6) is 0.184. The molecule has 19 heavy (non-hydrogen) atoms. The summed E-state index contributed by atoms with van der Waals surface area (Å²) in [5.41, 5.74) is 6.53. The molecule has 1 amide bonds. The van der Waals surface area contributed by atoms with Crippen LogP contribution in [0.3, 0.4) is 0 Å². The maximum absolute atomic E-state index is 12.6. The maximum atomic E-state index is 12.6. The Labute approximate surface area is 117 Å². The SMILES string of the molecule is CCC1CCCN1C(=O)c1cc2cc(N)ccc2s1. The molecule has 0 bridgehead atoms. The number of nitrogens with zero attached hydrogens (tertiary/aromatic N) is 1. The molecule has 0 saturated carbocycles. The number of hydrogen-bond donors (Lipinski definition) is 1. The van der Waals surface area contributed by atoms with Crippen molar-refractivity contribution in [2.45, 2.75) is 32.2 Å². The van der Waals surface area contributed by atoms with E-state index in [2.05, 4.69) is 6.92 Å². The highest BCUT2D eigenvalue weighted by Gasteiger charge is 2.28. The second-order valence-electron chi connectivity index (χ2n) is 5.11. The van der Waals surface area contributed by atoms with Crippen LogP contribution in [0, 0.1) is 0 Å². The highest BCUT2D eigenvalue weighted by atomic mass is 32.1. The van der Waals surface area contributed by atoms with Gasteiger partial charge in [0.2, 0.25) is 0 Å². The first-order chi connectivity index (χ1) is 9.19. The van der Waals surface area contributed by atoms with Gasteiger partial charge < -0.3 is 10.6 Å². The molecule has 100 valence electrons. The van der Waals surface area contributed by atoms with E-state index in [1.807, 2.05) is 29.2 Å². The molecule has 4 heteroatoms. The fourth-order valence-electron chi connectivity index (χ4n) is 2.84. The molecule has 1 aliphatic heterocycles. The van der Waals surface area contributed by atoms with Gasteiger partial charge in [-0.25, -0.2) is 0 Å². The van der Waals surface area contributed by atoms with Gasteiger partial charge in [-0.3, -0.25) is 4.79 Å². The number of fused-ring (bicyclic) bond motifs is 1. The zero-order valence-electron chi connectivity index (χ0n) is 11.1. The Morgan fingerprint density at radius 2 is 2.32 bits per heavy atom. The van der Waals surface area contributed by atoms with Gasteiger partial charge in [0.25, 0.3) is 5.91 Å². The molecule has 1 saturated heterocycles. The zero-order valence-corrected chi connectivity index (χ0v) is 11.9. The Hall–Kier alpha value is -1.55. The quantitative estimate of drug-likeness (QED) is 0.852. The fraction of sp³-hybridized carbons (Fsp3) is 0.400. The summed E-state index contributed by atoms with van der Waals surface area (Å²) < 4.78 is 1.13. The van der Waals surface area contributed by atoms with Crippen molar-refractivity contribution >= 4 is 33.0 Å². The standard InChI is InChI=1S/C15H18N2OS/c1-2-12-4-3-7-17(12)15(18)14-9-10-8-11(16)5-6-13(10)19-14/h5-6,8-9,12H,2-4,7,16H2,1H3. The molecule has 1 aromatic carbocycles. The zero-order chi connectivity index (χ0) is 13.4. The smallest absolute Gasteiger partial charge is 0.264 e. The molecule has 3 nitrogen and oxygen atoms in total. The van der Waals surface area contributed by atoms with Crippen LogP contribution in [0.25, 0.3) is 10.1 Å². The molecule has 1 unspecified atom stereocenters. The lowest BCUT2D eigenvalue weighted by Crippen LogP contribution is -2.34. The van der Waals surface area contributed by atoms with Gasteiger partial charge in [-0.05, 0) is 48.9 Å². The number of carbonyl (C=O) groups excluding carboxylic acids is 1. The van der Waals surface area contributed by atoms with E-state index in [1.165, 1.54) is 0 Å². The largest absolute Gasteiger partial charge is 0.399 e. The van der Waals surface area contributed by atoms with Gasteiger partial charge in [-0.2, -0.15) is 0 Å². The number of nitrogen functional groups attached to an aromatic ring is 1. The second-order valence-corrected chi connectivity index (χ2v) is 6.19. The summed E-state index contributed by atoms with van der Waals surface area (Å²) in [5, 5.41) is 1.07. The van der Waals surface area contributed by atoms with Crippen molar-refractivity contribution in [3.05, 3.63) is 29.1 Å². The normalized spacial score (nSPS) is 19.2. The Balaban J connectivity index is 1.93. The third-order valence-electron chi connectivity index (χ3n) is 3.86. The number of hydrogen-bond acceptors (Lipinski definition) is 3. The Kier molecular flexibility index (Phi) is 3.19. The van der Waals surface area contributed by atoms with Crippen LogP contribution in [0.5, 0.6) is 0 Å². The minimum absolute atomic E-state index is 0.184. The number of likely N-dealkylation sites (tertiary alicyclic amines) is 1. The van der Waals surface area contributed by atoms with Crippen molar-refractivity contribution in [1.29, 1.82) is 0 Å². The van der Waals surface area contributed by atoms with Crippen LogP contribution in [-0.2, 0) is 0 Å². The third-order valence-corrected chi connectivity index (χ3v) is 4.96. The van der Waals surface area contributed by atoms with Crippen molar-refractivity contribution in [2.75, 3.05) is 12.3 Å². The molecule has 1 fully saturated rings. The lowest BCUT2D eigenvalue weighted by atomic mass is 10.1. The summed E-state index contributed by atoms with van der Waals surface area (Å²) in [6.45, 7) is 3.05. The van der Waals surface area contributed by atoms with Gasteiger partial charge in [0.15, 0.2) is 0 Å². The van der Waals surface area contributed by atoms with Crippen LogP contribution in [0.4, 0.5) is 5.69 Å². The van der Waals surface area contributed by atoms with Crippen molar-refractivity contribution in [3.8, 4) is 0 Å². The van der Waals surface area contributed by atoms with E-state index in [0.717, 1.165) is 46.5 Å². The second kappa shape index (κ2) is 4.85. The topological polar surface area (TPSA) is 46.3 Å². The summed E-state index contributed by atoms with van der Waals surface area (Å²) in [4.78, 5) is 15.4. The van der Waals surface area contributed by atoms with Gasteiger partial charge in [0.05, 0.1) is 4.88 Å². The number of thiophene rings is 1. The van der Waals surface area contributed by atoms with E-state index in [4.69, 9.17) is 5.73 Å². The van der Waals surface area contributed by atoms with E-state index in [-0.39, 0.29) is 5.91 Å². The number of benzene rings is 1. The fourth-order valence-corrected chi connectivity index (χ4v) is 3.84. The van der Waals surface area contributed by atoms with Crippen molar-refractivity contribution < 1.29 is 4.79 Å². The minimum atomic E-state index is 0.184. The Morgan fingerprint density at radius 3 is 3.11 bits per heavy atom. The molecule has 2 aromatic rings. The number of anilines is 1. The lowest BCUT2D eigenvalue weighted by molar-refractivity contribution is 0.0738. The first-order valence-electron chi connectivity index (χ1n) is 6.79. The van der Waals surface area contributed by atoms with Crippen LogP contribution >= 0.6 is 11.3 Å². The number of carbonyl (C=O) groups is 1. The van der Waals surface area contributed by atoms with Crippen LogP contribution in [0.1, 0.15) is 35.9 Å². The highest BCUT2D eigenvalue weighted by Crippen LogP contribution is 2.30. The lowest BCUT2D eigenvalue weighted by Gasteiger charge is -2.22. The molecule has 3 rings (SSSR count). The average Bonchev–Trinajstić information content (AvgIpc) is 3.03. The summed E-state index contributed by atoms with van der Waals surface area (Å²) >= 11 is 1.57. The maximum Gasteiger partial charge on any atom is 0.264 e. The first kappa shape index (κ1) is 12.5. The van der Waals surface area contributed by atoms with Crippen LogP contribution in [0.2, 0.25) is 0 Å². The highest BCUT2D eigenvalue weighted by molar-refractivity contribution is 7.20. The molecule has 0 spiro atoms. The van der Waals surface area contributed by atoms with Crippen molar-refractivity contribution in [2.24, 2.45) is 0 Å². The van der Waals surface area contributed by atoms with Crippen LogP contribution in [-0.4, -0.2) is 23.4 Å². The minimum Gasteiger partial charge on any atom is -0.399 e. The third kappa shape index (κ3) is 2.21. The molecular formula is C15H18N2OS. The van der Waals surface area contributed by atoms with Gasteiger partial charge in [0, 0.05) is 23.0 Å².